The zero-order valence-electron chi connectivity index (χ0n) is 17.7. The van der Waals surface area contributed by atoms with E-state index >= 15 is 0 Å². The topological polar surface area (TPSA) is 78.5 Å². The number of H-pyrrole nitrogens is 1. The lowest BCUT2D eigenvalue weighted by Crippen LogP contribution is -2.41. The van der Waals surface area contributed by atoms with E-state index in [-0.39, 0.29) is 42.1 Å². The number of hydrogen-bond acceptors (Lipinski definition) is 4. The van der Waals surface area contributed by atoms with Crippen LogP contribution in [0.4, 0.5) is 13.2 Å². The highest BCUT2D eigenvalue weighted by molar-refractivity contribution is 5.94. The number of nitrogens with zero attached hydrogens (tertiary/aromatic N) is 3. The first-order valence-electron chi connectivity index (χ1n) is 10.6. The Kier molecular flexibility index (Phi) is 6.23. The van der Waals surface area contributed by atoms with Crippen molar-refractivity contribution in [2.45, 2.75) is 37.9 Å². The Hall–Kier alpha value is -2.88. The summed E-state index contributed by atoms with van der Waals surface area (Å²) in [6.07, 6.45) is -2.93. The van der Waals surface area contributed by atoms with Crippen LogP contribution in [-0.4, -0.2) is 65.2 Å². The second-order valence-electron chi connectivity index (χ2n) is 8.18. The highest BCUT2D eigenvalue weighted by Crippen LogP contribution is 2.38. The van der Waals surface area contributed by atoms with Gasteiger partial charge in [-0.1, -0.05) is 18.2 Å². The molecule has 3 heterocycles. The number of nitrogens with one attached hydrogen (secondary N) is 1. The molecule has 1 fully saturated rings. The summed E-state index contributed by atoms with van der Waals surface area (Å²) >= 11 is 0. The molecule has 0 unspecified atom stereocenters. The third kappa shape index (κ3) is 4.36. The first-order valence-corrected chi connectivity index (χ1v) is 10.6. The fourth-order valence-electron chi connectivity index (χ4n) is 4.55. The van der Waals surface area contributed by atoms with Crippen molar-refractivity contribution in [3.05, 3.63) is 52.3 Å². The van der Waals surface area contributed by atoms with Crippen molar-refractivity contribution in [1.82, 2.24) is 20.0 Å². The van der Waals surface area contributed by atoms with Gasteiger partial charge in [0.25, 0.3) is 5.91 Å². The largest absolute Gasteiger partial charge is 0.416 e. The molecule has 1 aromatic heterocycles. The molecule has 2 aliphatic heterocycles. The number of halogens is 3. The number of methoxy groups -OCH3 is 1. The summed E-state index contributed by atoms with van der Waals surface area (Å²) in [6, 6.07) is 5.65. The first-order chi connectivity index (χ1) is 15.3. The van der Waals surface area contributed by atoms with Crippen LogP contribution in [-0.2, 0) is 28.7 Å². The van der Waals surface area contributed by atoms with Gasteiger partial charge in [0.2, 0.25) is 5.91 Å². The Labute approximate surface area is 183 Å². The lowest BCUT2D eigenvalue weighted by Gasteiger charge is -2.33. The number of carbonyl (C=O) groups excluding carboxylic acids is 2. The summed E-state index contributed by atoms with van der Waals surface area (Å²) in [7, 11) is 1.46. The van der Waals surface area contributed by atoms with Gasteiger partial charge in [0, 0.05) is 51.0 Å². The molecule has 2 amide bonds. The summed E-state index contributed by atoms with van der Waals surface area (Å²) in [5, 5.41) is 7.11. The average molecular weight is 450 g/mol. The minimum atomic E-state index is -4.40. The minimum absolute atomic E-state index is 0.0244. The molecule has 7 nitrogen and oxygen atoms in total. The standard InChI is InChI=1S/C22H25F3N4O3/c1-32-13-19(30)29-11-8-18-16(12-29)20(27-26-18)21(31)28-9-6-14(7-10-28)15-4-2-3-5-17(15)22(23,24)25/h2-5,14H,6-13H2,1H3,(H,26,27). The zero-order valence-corrected chi connectivity index (χ0v) is 17.7. The van der Waals surface area contributed by atoms with Gasteiger partial charge >= 0.3 is 6.18 Å². The monoisotopic (exact) mass is 450 g/mol. The number of piperidine rings is 1. The van der Waals surface area contributed by atoms with Crippen LogP contribution in [0, 0.1) is 0 Å². The van der Waals surface area contributed by atoms with Gasteiger partial charge in [-0.15, -0.1) is 0 Å². The number of aromatic nitrogens is 2. The molecule has 172 valence electrons. The van der Waals surface area contributed by atoms with Gasteiger partial charge in [-0.3, -0.25) is 14.7 Å². The summed E-state index contributed by atoms with van der Waals surface area (Å²) in [5.74, 6) is -0.667. The molecule has 10 heteroatoms. The van der Waals surface area contributed by atoms with Gasteiger partial charge < -0.3 is 14.5 Å². The fourth-order valence-corrected chi connectivity index (χ4v) is 4.55. The number of benzene rings is 1. The Morgan fingerprint density at radius 3 is 2.56 bits per heavy atom. The number of rotatable bonds is 4. The predicted octanol–water partition coefficient (Wildman–Crippen LogP) is 2.98. The lowest BCUT2D eigenvalue weighted by molar-refractivity contribution is -0.138. The summed E-state index contributed by atoms with van der Waals surface area (Å²) in [6.45, 7) is 1.48. The van der Waals surface area contributed by atoms with E-state index in [0.717, 1.165) is 11.8 Å². The Balaban J connectivity index is 1.45. The quantitative estimate of drug-likeness (QED) is 0.777. The molecule has 1 aromatic carbocycles. The molecule has 0 atom stereocenters. The molecule has 2 aliphatic rings. The number of likely N-dealkylation sites (tertiary alicyclic amines) is 1. The molecule has 32 heavy (non-hydrogen) atoms. The van der Waals surface area contributed by atoms with Gasteiger partial charge in [0.05, 0.1) is 5.56 Å². The maximum Gasteiger partial charge on any atom is 0.416 e. The molecule has 0 saturated carbocycles. The molecule has 0 radical (unpaired) electrons. The number of carbonyl (C=O) groups is 2. The minimum Gasteiger partial charge on any atom is -0.375 e. The van der Waals surface area contributed by atoms with Crippen LogP contribution in [0.5, 0.6) is 0 Å². The second kappa shape index (κ2) is 8.93. The number of aromatic amines is 1. The van der Waals surface area contributed by atoms with E-state index in [1.807, 2.05) is 0 Å². The van der Waals surface area contributed by atoms with Gasteiger partial charge in [0.15, 0.2) is 5.69 Å². The maximum atomic E-state index is 13.4. The molecule has 4 rings (SSSR count). The second-order valence-corrected chi connectivity index (χ2v) is 8.18. The molecule has 0 aliphatic carbocycles. The number of fused-ring (bicyclic) bond motifs is 1. The maximum absolute atomic E-state index is 13.4. The highest BCUT2D eigenvalue weighted by Gasteiger charge is 2.37. The molecule has 1 saturated heterocycles. The highest BCUT2D eigenvalue weighted by atomic mass is 19.4. The Morgan fingerprint density at radius 1 is 1.16 bits per heavy atom. The van der Waals surface area contributed by atoms with Crippen molar-refractivity contribution < 1.29 is 27.5 Å². The predicted molar refractivity (Wildman–Crippen MR) is 109 cm³/mol. The third-order valence-corrected chi connectivity index (χ3v) is 6.24. The molecule has 2 aromatic rings. The van der Waals surface area contributed by atoms with Crippen LogP contribution < -0.4 is 0 Å². The smallest absolute Gasteiger partial charge is 0.375 e. The summed E-state index contributed by atoms with van der Waals surface area (Å²) in [5.41, 5.74) is 1.51. The van der Waals surface area contributed by atoms with Gasteiger partial charge in [-0.05, 0) is 30.4 Å². The number of ether oxygens (including phenoxy) is 1. The number of amides is 2. The van der Waals surface area contributed by atoms with Crippen LogP contribution in [0.1, 0.15) is 51.6 Å². The molecule has 0 spiro atoms. The summed E-state index contributed by atoms with van der Waals surface area (Å²) in [4.78, 5) is 28.6. The van der Waals surface area contributed by atoms with E-state index in [0.29, 0.717) is 44.5 Å². The van der Waals surface area contributed by atoms with Crippen molar-refractivity contribution in [3.63, 3.8) is 0 Å². The van der Waals surface area contributed by atoms with Gasteiger partial charge in [-0.25, -0.2) is 0 Å². The van der Waals surface area contributed by atoms with Crippen LogP contribution in [0.3, 0.4) is 0 Å². The number of hydrogen-bond donors (Lipinski definition) is 1. The van der Waals surface area contributed by atoms with E-state index in [1.165, 1.54) is 19.2 Å². The zero-order chi connectivity index (χ0) is 22.9. The average Bonchev–Trinajstić information content (AvgIpc) is 3.21. The Morgan fingerprint density at radius 2 is 1.88 bits per heavy atom. The summed E-state index contributed by atoms with van der Waals surface area (Å²) < 4.78 is 45.1. The van der Waals surface area contributed by atoms with Crippen molar-refractivity contribution >= 4 is 11.8 Å². The first kappa shape index (κ1) is 22.3. The van der Waals surface area contributed by atoms with Gasteiger partial charge in [-0.2, -0.15) is 18.3 Å². The van der Waals surface area contributed by atoms with Gasteiger partial charge in [0.1, 0.15) is 6.61 Å². The van der Waals surface area contributed by atoms with Crippen LogP contribution in [0.2, 0.25) is 0 Å². The third-order valence-electron chi connectivity index (χ3n) is 6.24. The normalized spacial score (nSPS) is 17.4. The van der Waals surface area contributed by atoms with Crippen molar-refractivity contribution in [2.24, 2.45) is 0 Å². The van der Waals surface area contributed by atoms with Crippen molar-refractivity contribution in [3.8, 4) is 0 Å². The van der Waals surface area contributed by atoms with Crippen molar-refractivity contribution in [1.29, 1.82) is 0 Å². The number of alkyl halides is 3. The fraction of sp³-hybridized carbons (Fsp3) is 0.500. The Bertz CT molecular complexity index is 997. The molecular weight excluding hydrogens is 425 g/mol. The molecular formula is C22H25F3N4O3. The van der Waals surface area contributed by atoms with E-state index in [9.17, 15) is 22.8 Å². The van der Waals surface area contributed by atoms with Crippen LogP contribution >= 0.6 is 0 Å². The van der Waals surface area contributed by atoms with Crippen LogP contribution in [0.25, 0.3) is 0 Å². The molecule has 0 bridgehead atoms. The van der Waals surface area contributed by atoms with E-state index in [2.05, 4.69) is 10.2 Å². The van der Waals surface area contributed by atoms with E-state index in [4.69, 9.17) is 4.74 Å². The lowest BCUT2D eigenvalue weighted by atomic mass is 9.86. The SMILES string of the molecule is COCC(=O)N1CCc2[nH]nc(C(=O)N3CCC(c4ccccc4C(F)(F)F)CC3)c2C1. The van der Waals surface area contributed by atoms with E-state index in [1.54, 1.807) is 15.9 Å². The van der Waals surface area contributed by atoms with E-state index < -0.39 is 11.7 Å². The molecule has 1 N–H and O–H groups in total. The van der Waals surface area contributed by atoms with Crippen molar-refractivity contribution in [2.75, 3.05) is 33.4 Å². The van der Waals surface area contributed by atoms with Crippen LogP contribution in [0.15, 0.2) is 24.3 Å².